The maximum absolute atomic E-state index is 3.28. The van der Waals surface area contributed by atoms with E-state index in [1.165, 1.54) is 31.6 Å². The van der Waals surface area contributed by atoms with Crippen LogP contribution in [0, 0.1) is 5.92 Å². The van der Waals surface area contributed by atoms with Gasteiger partial charge in [0.1, 0.15) is 0 Å². The van der Waals surface area contributed by atoms with Crippen LogP contribution in [0.15, 0.2) is 0 Å². The van der Waals surface area contributed by atoms with Crippen LogP contribution in [0.5, 0.6) is 0 Å². The normalized spacial score (nSPS) is 27.3. The van der Waals surface area contributed by atoms with Crippen molar-refractivity contribution in [3.63, 3.8) is 0 Å². The first kappa shape index (κ1) is 9.40. The highest BCUT2D eigenvalue weighted by Crippen LogP contribution is 2.33. The van der Waals surface area contributed by atoms with Gasteiger partial charge in [-0.2, -0.15) is 11.8 Å². The van der Waals surface area contributed by atoms with E-state index < -0.39 is 0 Å². The lowest BCUT2D eigenvalue weighted by Gasteiger charge is -2.20. The van der Waals surface area contributed by atoms with Crippen molar-refractivity contribution in [2.24, 2.45) is 5.92 Å². The van der Waals surface area contributed by atoms with E-state index in [0.717, 1.165) is 11.2 Å². The van der Waals surface area contributed by atoms with Gasteiger partial charge in [0.25, 0.3) is 0 Å². The summed E-state index contributed by atoms with van der Waals surface area (Å²) in [6, 6.07) is 0. The lowest BCUT2D eigenvalue weighted by Crippen LogP contribution is -2.25. The fraction of sp³-hybridized carbons (Fsp3) is 1.00. The van der Waals surface area contributed by atoms with Crippen molar-refractivity contribution in [2.45, 2.75) is 31.4 Å². The van der Waals surface area contributed by atoms with E-state index in [9.17, 15) is 0 Å². The van der Waals surface area contributed by atoms with Crippen LogP contribution >= 0.6 is 11.8 Å². The Morgan fingerprint density at radius 3 is 2.91 bits per heavy atom. The van der Waals surface area contributed by atoms with E-state index in [0.29, 0.717) is 0 Å². The summed E-state index contributed by atoms with van der Waals surface area (Å²) in [6.07, 6.45) is 4.22. The van der Waals surface area contributed by atoms with Crippen molar-refractivity contribution in [1.29, 1.82) is 0 Å². The SMILES string of the molecule is CCC(CNC)C1CCCS1. The Kier molecular flexibility index (Phi) is 4.31. The van der Waals surface area contributed by atoms with E-state index in [4.69, 9.17) is 0 Å². The third kappa shape index (κ3) is 2.68. The summed E-state index contributed by atoms with van der Waals surface area (Å²) in [5.74, 6) is 2.30. The third-order valence-corrected chi connectivity index (χ3v) is 4.05. The van der Waals surface area contributed by atoms with Gasteiger partial charge < -0.3 is 5.32 Å². The van der Waals surface area contributed by atoms with Crippen LogP contribution in [0.4, 0.5) is 0 Å². The minimum Gasteiger partial charge on any atom is -0.319 e. The lowest BCUT2D eigenvalue weighted by atomic mass is 9.99. The fourth-order valence-corrected chi connectivity index (χ4v) is 3.31. The molecule has 1 N–H and O–H groups in total. The first-order valence-electron chi connectivity index (χ1n) is 4.64. The summed E-state index contributed by atoms with van der Waals surface area (Å²) in [4.78, 5) is 0. The molecular formula is C9H19NS. The van der Waals surface area contributed by atoms with Gasteiger partial charge in [-0.15, -0.1) is 0 Å². The maximum Gasteiger partial charge on any atom is 0.00876 e. The Hall–Kier alpha value is 0.310. The Labute approximate surface area is 74.3 Å². The molecule has 0 spiro atoms. The van der Waals surface area contributed by atoms with Gasteiger partial charge in [0.15, 0.2) is 0 Å². The Morgan fingerprint density at radius 1 is 1.64 bits per heavy atom. The predicted molar refractivity (Wildman–Crippen MR) is 53.2 cm³/mol. The van der Waals surface area contributed by atoms with Crippen molar-refractivity contribution in [3.05, 3.63) is 0 Å². The summed E-state index contributed by atoms with van der Waals surface area (Å²) >= 11 is 2.17. The van der Waals surface area contributed by atoms with Crippen LogP contribution in [-0.2, 0) is 0 Å². The number of nitrogens with one attached hydrogen (secondary N) is 1. The number of thioether (sulfide) groups is 1. The van der Waals surface area contributed by atoms with Crippen LogP contribution < -0.4 is 5.32 Å². The van der Waals surface area contributed by atoms with Crippen molar-refractivity contribution < 1.29 is 0 Å². The van der Waals surface area contributed by atoms with Crippen molar-refractivity contribution in [1.82, 2.24) is 5.32 Å². The van der Waals surface area contributed by atoms with Crippen molar-refractivity contribution >= 4 is 11.8 Å². The van der Waals surface area contributed by atoms with Gasteiger partial charge in [-0.25, -0.2) is 0 Å². The van der Waals surface area contributed by atoms with E-state index in [1.54, 1.807) is 0 Å². The standard InChI is InChI=1S/C9H19NS/c1-3-8(7-10-2)9-5-4-6-11-9/h8-10H,3-7H2,1-2H3. The second kappa shape index (κ2) is 5.04. The highest BCUT2D eigenvalue weighted by molar-refractivity contribution is 8.00. The molecule has 2 unspecified atom stereocenters. The second-order valence-corrected chi connectivity index (χ2v) is 4.62. The molecule has 2 heteroatoms. The molecular weight excluding hydrogens is 154 g/mol. The molecule has 0 saturated carbocycles. The topological polar surface area (TPSA) is 12.0 Å². The highest BCUT2D eigenvalue weighted by Gasteiger charge is 2.23. The predicted octanol–water partition coefficient (Wildman–Crippen LogP) is 2.13. The molecule has 0 aliphatic carbocycles. The molecule has 66 valence electrons. The molecule has 0 radical (unpaired) electrons. The molecule has 1 nitrogen and oxygen atoms in total. The molecule has 1 rings (SSSR count). The molecule has 0 aromatic rings. The van der Waals surface area contributed by atoms with Crippen LogP contribution in [0.2, 0.25) is 0 Å². The summed E-state index contributed by atoms with van der Waals surface area (Å²) in [6.45, 7) is 3.51. The van der Waals surface area contributed by atoms with Crippen LogP contribution in [0.1, 0.15) is 26.2 Å². The second-order valence-electron chi connectivity index (χ2n) is 3.28. The fourth-order valence-electron chi connectivity index (χ4n) is 1.78. The molecule has 1 saturated heterocycles. The summed E-state index contributed by atoms with van der Waals surface area (Å²) in [7, 11) is 2.06. The summed E-state index contributed by atoms with van der Waals surface area (Å²) < 4.78 is 0. The molecule has 1 aliphatic heterocycles. The smallest absolute Gasteiger partial charge is 0.00876 e. The molecule has 1 aliphatic rings. The van der Waals surface area contributed by atoms with Gasteiger partial charge in [-0.1, -0.05) is 13.3 Å². The van der Waals surface area contributed by atoms with Gasteiger partial charge in [-0.05, 0) is 38.1 Å². The van der Waals surface area contributed by atoms with Crippen molar-refractivity contribution in [3.8, 4) is 0 Å². The van der Waals surface area contributed by atoms with Crippen LogP contribution in [0.3, 0.4) is 0 Å². The number of hydrogen-bond acceptors (Lipinski definition) is 2. The molecule has 1 fully saturated rings. The van der Waals surface area contributed by atoms with Gasteiger partial charge in [0.05, 0.1) is 0 Å². The van der Waals surface area contributed by atoms with E-state index in [1.807, 2.05) is 0 Å². The molecule has 0 aromatic heterocycles. The lowest BCUT2D eigenvalue weighted by molar-refractivity contribution is 0.456. The summed E-state index contributed by atoms with van der Waals surface area (Å²) in [5, 5.41) is 4.23. The summed E-state index contributed by atoms with van der Waals surface area (Å²) in [5.41, 5.74) is 0. The van der Waals surface area contributed by atoms with Gasteiger partial charge in [-0.3, -0.25) is 0 Å². The van der Waals surface area contributed by atoms with E-state index >= 15 is 0 Å². The largest absolute Gasteiger partial charge is 0.319 e. The Bertz CT molecular complexity index is 99.7. The van der Waals surface area contributed by atoms with Gasteiger partial charge in [0, 0.05) is 5.25 Å². The van der Waals surface area contributed by atoms with Crippen molar-refractivity contribution in [2.75, 3.05) is 19.3 Å². The highest BCUT2D eigenvalue weighted by atomic mass is 32.2. The molecule has 0 bridgehead atoms. The molecule has 1 heterocycles. The van der Waals surface area contributed by atoms with Crippen LogP contribution in [0.25, 0.3) is 0 Å². The maximum atomic E-state index is 3.28. The zero-order valence-corrected chi connectivity index (χ0v) is 8.41. The molecule has 0 amide bonds. The minimum absolute atomic E-state index is 0.910. The Morgan fingerprint density at radius 2 is 2.45 bits per heavy atom. The van der Waals surface area contributed by atoms with Gasteiger partial charge in [0.2, 0.25) is 0 Å². The monoisotopic (exact) mass is 173 g/mol. The zero-order chi connectivity index (χ0) is 8.10. The molecule has 11 heavy (non-hydrogen) atoms. The average Bonchev–Trinajstić information content (AvgIpc) is 2.52. The Balaban J connectivity index is 2.27. The van der Waals surface area contributed by atoms with E-state index in [-0.39, 0.29) is 0 Å². The first-order chi connectivity index (χ1) is 5.38. The number of hydrogen-bond donors (Lipinski definition) is 1. The molecule has 0 aromatic carbocycles. The van der Waals surface area contributed by atoms with E-state index in [2.05, 4.69) is 31.1 Å². The first-order valence-corrected chi connectivity index (χ1v) is 5.69. The quantitative estimate of drug-likeness (QED) is 0.699. The minimum atomic E-state index is 0.910. The average molecular weight is 173 g/mol. The van der Waals surface area contributed by atoms with Gasteiger partial charge >= 0.3 is 0 Å². The third-order valence-electron chi connectivity index (χ3n) is 2.48. The van der Waals surface area contributed by atoms with Crippen LogP contribution in [-0.4, -0.2) is 24.6 Å². The zero-order valence-electron chi connectivity index (χ0n) is 7.60. The molecule has 2 atom stereocenters. The number of rotatable bonds is 4.